The van der Waals surface area contributed by atoms with Gasteiger partial charge in [0, 0.05) is 6.61 Å². The lowest BCUT2D eigenvalue weighted by Crippen LogP contribution is -2.35. The second-order valence-corrected chi connectivity index (χ2v) is 5.40. The fraction of sp³-hybridized carbons (Fsp3) is 1.00. The number of aliphatic hydroxyl groups is 1. The Morgan fingerprint density at radius 1 is 1.21 bits per heavy atom. The highest BCUT2D eigenvalue weighted by molar-refractivity contribution is 5.05. The van der Waals surface area contributed by atoms with E-state index in [0.29, 0.717) is 30.5 Å². The molecule has 3 nitrogen and oxygen atoms in total. The smallest absolute Gasteiger partial charge is 0.163 e. The number of rotatable bonds is 1. The molecule has 2 saturated carbocycles. The lowest BCUT2D eigenvalue weighted by Gasteiger charge is -2.27. The fourth-order valence-electron chi connectivity index (χ4n) is 3.60. The Hall–Kier alpha value is -0.120. The number of fused-ring (bicyclic) bond motifs is 5. The molecule has 0 aromatic carbocycles. The van der Waals surface area contributed by atoms with Crippen LogP contribution in [0, 0.1) is 17.8 Å². The van der Waals surface area contributed by atoms with E-state index in [4.69, 9.17) is 9.47 Å². The Balaban J connectivity index is 1.82. The second kappa shape index (κ2) is 2.71. The summed E-state index contributed by atoms with van der Waals surface area (Å²) in [7, 11) is 0. The third-order valence-corrected chi connectivity index (χ3v) is 4.07. The summed E-state index contributed by atoms with van der Waals surface area (Å²) in [6.45, 7) is 4.28. The number of aliphatic hydroxyl groups excluding tert-OH is 1. The van der Waals surface area contributed by atoms with E-state index in [1.807, 2.05) is 13.8 Å². The van der Waals surface area contributed by atoms with E-state index in [9.17, 15) is 5.11 Å². The topological polar surface area (TPSA) is 38.7 Å². The van der Waals surface area contributed by atoms with E-state index in [-0.39, 0.29) is 6.10 Å². The van der Waals surface area contributed by atoms with Crippen LogP contribution in [0.5, 0.6) is 0 Å². The van der Waals surface area contributed by atoms with Gasteiger partial charge >= 0.3 is 0 Å². The average molecular weight is 198 g/mol. The molecule has 0 amide bonds. The van der Waals surface area contributed by atoms with Crippen molar-refractivity contribution in [2.75, 3.05) is 6.61 Å². The third-order valence-electron chi connectivity index (χ3n) is 4.07. The first-order valence-electron chi connectivity index (χ1n) is 5.57. The Morgan fingerprint density at radius 3 is 2.64 bits per heavy atom. The van der Waals surface area contributed by atoms with Gasteiger partial charge in [-0.2, -0.15) is 0 Å². The largest absolute Gasteiger partial charge is 0.396 e. The lowest BCUT2D eigenvalue weighted by atomic mass is 9.86. The molecule has 3 heteroatoms. The van der Waals surface area contributed by atoms with Crippen molar-refractivity contribution < 1.29 is 14.6 Å². The number of hydrogen-bond donors (Lipinski definition) is 1. The normalized spacial score (nSPS) is 53.8. The van der Waals surface area contributed by atoms with Gasteiger partial charge in [0.15, 0.2) is 5.79 Å². The molecule has 2 aliphatic carbocycles. The minimum Gasteiger partial charge on any atom is -0.396 e. The molecule has 80 valence electrons. The van der Waals surface area contributed by atoms with Crippen molar-refractivity contribution in [2.24, 2.45) is 17.8 Å². The maximum Gasteiger partial charge on any atom is 0.163 e. The van der Waals surface area contributed by atoms with Gasteiger partial charge in [-0.15, -0.1) is 0 Å². The van der Waals surface area contributed by atoms with E-state index in [1.54, 1.807) is 0 Å². The molecule has 5 atom stereocenters. The van der Waals surface area contributed by atoms with Gasteiger partial charge in [0.1, 0.15) is 0 Å². The molecule has 1 N–H and O–H groups in total. The molecule has 0 aromatic heterocycles. The molecular formula is C11H18O3. The molecule has 0 unspecified atom stereocenters. The van der Waals surface area contributed by atoms with Crippen molar-refractivity contribution >= 4 is 0 Å². The van der Waals surface area contributed by atoms with Crippen LogP contribution >= 0.6 is 0 Å². The van der Waals surface area contributed by atoms with Crippen LogP contribution in [0.15, 0.2) is 0 Å². The molecule has 0 radical (unpaired) electrons. The number of hydrogen-bond acceptors (Lipinski definition) is 3. The number of ether oxygens (including phenoxy) is 2. The summed E-state index contributed by atoms with van der Waals surface area (Å²) < 4.78 is 11.8. The van der Waals surface area contributed by atoms with Gasteiger partial charge in [0.2, 0.25) is 0 Å². The van der Waals surface area contributed by atoms with Crippen LogP contribution in [0.3, 0.4) is 0 Å². The third kappa shape index (κ3) is 1.09. The van der Waals surface area contributed by atoms with Crippen LogP contribution in [0.4, 0.5) is 0 Å². The molecule has 0 aromatic rings. The lowest BCUT2D eigenvalue weighted by molar-refractivity contribution is -0.158. The summed E-state index contributed by atoms with van der Waals surface area (Å²) >= 11 is 0. The van der Waals surface area contributed by atoms with Gasteiger partial charge in [-0.3, -0.25) is 0 Å². The molecule has 1 saturated heterocycles. The average Bonchev–Trinajstić information content (AvgIpc) is 2.70. The first-order valence-corrected chi connectivity index (χ1v) is 5.57. The predicted molar refractivity (Wildman–Crippen MR) is 50.6 cm³/mol. The molecule has 3 rings (SSSR count). The second-order valence-electron chi connectivity index (χ2n) is 5.40. The van der Waals surface area contributed by atoms with E-state index >= 15 is 0 Å². The highest BCUT2D eigenvalue weighted by Crippen LogP contribution is 2.55. The zero-order valence-electron chi connectivity index (χ0n) is 8.77. The Labute approximate surface area is 84.4 Å². The van der Waals surface area contributed by atoms with Gasteiger partial charge in [0.25, 0.3) is 0 Å². The fourth-order valence-corrected chi connectivity index (χ4v) is 3.60. The monoisotopic (exact) mass is 198 g/mol. The molecule has 1 heterocycles. The Kier molecular flexibility index (Phi) is 1.77. The van der Waals surface area contributed by atoms with Crippen LogP contribution in [0.25, 0.3) is 0 Å². The molecular weight excluding hydrogens is 180 g/mol. The van der Waals surface area contributed by atoms with Crippen molar-refractivity contribution in [3.05, 3.63) is 0 Å². The van der Waals surface area contributed by atoms with Gasteiger partial charge in [0.05, 0.1) is 12.2 Å². The van der Waals surface area contributed by atoms with Crippen LogP contribution in [-0.4, -0.2) is 29.7 Å². The van der Waals surface area contributed by atoms with E-state index < -0.39 is 5.79 Å². The van der Waals surface area contributed by atoms with E-state index in [2.05, 4.69) is 0 Å². The van der Waals surface area contributed by atoms with Crippen molar-refractivity contribution in [1.82, 2.24) is 0 Å². The summed E-state index contributed by atoms with van der Waals surface area (Å²) in [6, 6.07) is 0. The minimum absolute atomic E-state index is 0.251. The van der Waals surface area contributed by atoms with Crippen LogP contribution in [0.2, 0.25) is 0 Å². The zero-order valence-corrected chi connectivity index (χ0v) is 8.77. The highest BCUT2D eigenvalue weighted by atomic mass is 16.8. The van der Waals surface area contributed by atoms with Crippen LogP contribution < -0.4 is 0 Å². The maximum absolute atomic E-state index is 9.24. The van der Waals surface area contributed by atoms with Crippen molar-refractivity contribution in [3.63, 3.8) is 0 Å². The van der Waals surface area contributed by atoms with E-state index in [1.165, 1.54) is 6.42 Å². The standard InChI is InChI=1S/C11H18O3/c1-11(2)13-9-6-3-7(5-12)8(4-6)10(9)14-11/h6-10,12H,3-5H2,1-2H3/t6-,7-,8-,9+,10-/m1/s1. The summed E-state index contributed by atoms with van der Waals surface area (Å²) in [4.78, 5) is 0. The molecule has 14 heavy (non-hydrogen) atoms. The highest BCUT2D eigenvalue weighted by Gasteiger charge is 2.59. The summed E-state index contributed by atoms with van der Waals surface area (Å²) in [5.74, 6) is 1.22. The van der Waals surface area contributed by atoms with Crippen molar-refractivity contribution in [3.8, 4) is 0 Å². The predicted octanol–water partition coefficient (Wildman–Crippen LogP) is 1.15. The van der Waals surface area contributed by atoms with Gasteiger partial charge in [-0.05, 0) is 44.4 Å². The summed E-state index contributed by atoms with van der Waals surface area (Å²) in [6.07, 6.45) is 2.87. The quantitative estimate of drug-likeness (QED) is 0.687. The molecule has 2 bridgehead atoms. The van der Waals surface area contributed by atoms with E-state index in [0.717, 1.165) is 6.42 Å². The molecule has 3 aliphatic rings. The van der Waals surface area contributed by atoms with Gasteiger partial charge < -0.3 is 14.6 Å². The van der Waals surface area contributed by atoms with Gasteiger partial charge in [-0.1, -0.05) is 0 Å². The Bertz CT molecular complexity index is 249. The Morgan fingerprint density at radius 2 is 1.93 bits per heavy atom. The maximum atomic E-state index is 9.24. The van der Waals surface area contributed by atoms with Crippen LogP contribution in [-0.2, 0) is 9.47 Å². The molecule has 3 fully saturated rings. The first kappa shape index (κ1) is 9.13. The first-order chi connectivity index (χ1) is 6.61. The van der Waals surface area contributed by atoms with Crippen molar-refractivity contribution in [2.45, 2.75) is 44.7 Å². The molecule has 1 aliphatic heterocycles. The minimum atomic E-state index is -0.406. The zero-order chi connectivity index (χ0) is 9.92. The van der Waals surface area contributed by atoms with Crippen molar-refractivity contribution in [1.29, 1.82) is 0 Å². The summed E-state index contributed by atoms with van der Waals surface area (Å²) in [5, 5.41) is 9.24. The molecule has 0 spiro atoms. The SMILES string of the molecule is CC1(C)O[C@@H]2[C@@H]3C[C@@H](C[C@@H]3CO)[C@@H]2O1. The van der Waals surface area contributed by atoms with Gasteiger partial charge in [-0.25, -0.2) is 0 Å². The van der Waals surface area contributed by atoms with Crippen LogP contribution in [0.1, 0.15) is 26.7 Å². The summed E-state index contributed by atoms with van der Waals surface area (Å²) in [5.41, 5.74) is 0.